The standard InChI is InChI=1S/C20H26N2O3S/c1-15(2)21-26(24,25)19-12-10-18(11-13-19)20(23)22(16(3)4)14-17-8-6-5-7-9-17/h5-13,15-16,21H,14H2,1-4H3. The summed E-state index contributed by atoms with van der Waals surface area (Å²) < 4.78 is 26.9. The summed E-state index contributed by atoms with van der Waals surface area (Å²) in [5, 5.41) is 0. The normalized spacial score (nSPS) is 11.8. The largest absolute Gasteiger partial charge is 0.332 e. The topological polar surface area (TPSA) is 66.5 Å². The Balaban J connectivity index is 2.21. The van der Waals surface area contributed by atoms with Crippen LogP contribution in [-0.4, -0.2) is 31.3 Å². The summed E-state index contributed by atoms with van der Waals surface area (Å²) in [5.74, 6) is -0.121. The number of benzene rings is 2. The van der Waals surface area contributed by atoms with Crippen LogP contribution in [0.2, 0.25) is 0 Å². The first-order valence-corrected chi connectivity index (χ1v) is 10.2. The second-order valence-electron chi connectivity index (χ2n) is 6.81. The Kier molecular flexibility index (Phi) is 6.56. The van der Waals surface area contributed by atoms with Gasteiger partial charge in [0.25, 0.3) is 5.91 Å². The molecule has 140 valence electrons. The maximum absolute atomic E-state index is 12.9. The van der Waals surface area contributed by atoms with Crippen LogP contribution < -0.4 is 4.72 Å². The number of rotatable bonds is 7. The van der Waals surface area contributed by atoms with Crippen molar-refractivity contribution in [3.05, 3.63) is 65.7 Å². The smallest absolute Gasteiger partial charge is 0.254 e. The maximum atomic E-state index is 12.9. The molecule has 0 saturated carbocycles. The molecule has 0 spiro atoms. The van der Waals surface area contributed by atoms with Gasteiger partial charge in [-0.1, -0.05) is 30.3 Å². The molecule has 6 heteroatoms. The SMILES string of the molecule is CC(C)NS(=O)(=O)c1ccc(C(=O)N(Cc2ccccc2)C(C)C)cc1. The summed E-state index contributed by atoms with van der Waals surface area (Å²) in [7, 11) is -3.56. The van der Waals surface area contributed by atoms with Crippen molar-refractivity contribution in [2.45, 2.75) is 51.2 Å². The highest BCUT2D eigenvalue weighted by molar-refractivity contribution is 7.89. The fourth-order valence-corrected chi connectivity index (χ4v) is 3.84. The lowest BCUT2D eigenvalue weighted by Gasteiger charge is -2.27. The molecule has 0 atom stereocenters. The van der Waals surface area contributed by atoms with Gasteiger partial charge >= 0.3 is 0 Å². The van der Waals surface area contributed by atoms with Crippen molar-refractivity contribution in [3.63, 3.8) is 0 Å². The molecule has 1 N–H and O–H groups in total. The minimum atomic E-state index is -3.56. The van der Waals surface area contributed by atoms with Crippen molar-refractivity contribution in [2.24, 2.45) is 0 Å². The van der Waals surface area contributed by atoms with Crippen molar-refractivity contribution in [1.82, 2.24) is 9.62 Å². The van der Waals surface area contributed by atoms with Gasteiger partial charge in [-0.3, -0.25) is 4.79 Å². The number of amides is 1. The molecule has 2 aromatic carbocycles. The third kappa shape index (κ3) is 5.16. The maximum Gasteiger partial charge on any atom is 0.254 e. The molecular weight excluding hydrogens is 348 g/mol. The number of carbonyl (C=O) groups is 1. The third-order valence-electron chi connectivity index (χ3n) is 3.88. The fraction of sp³-hybridized carbons (Fsp3) is 0.350. The quantitative estimate of drug-likeness (QED) is 0.807. The van der Waals surface area contributed by atoms with Gasteiger partial charge in [-0.25, -0.2) is 13.1 Å². The number of hydrogen-bond donors (Lipinski definition) is 1. The van der Waals surface area contributed by atoms with Gasteiger partial charge in [0.15, 0.2) is 0 Å². The molecule has 0 fully saturated rings. The van der Waals surface area contributed by atoms with Crippen LogP contribution in [0.3, 0.4) is 0 Å². The summed E-state index contributed by atoms with van der Waals surface area (Å²) in [4.78, 5) is 14.8. The molecule has 5 nitrogen and oxygen atoms in total. The van der Waals surface area contributed by atoms with Gasteiger partial charge in [-0.05, 0) is 57.5 Å². The Labute approximate surface area is 156 Å². The van der Waals surface area contributed by atoms with E-state index in [1.807, 2.05) is 44.2 Å². The van der Waals surface area contributed by atoms with Gasteiger partial charge in [0, 0.05) is 24.2 Å². The molecule has 0 unspecified atom stereocenters. The predicted molar refractivity (Wildman–Crippen MR) is 103 cm³/mol. The summed E-state index contributed by atoms with van der Waals surface area (Å²) in [6.07, 6.45) is 0. The summed E-state index contributed by atoms with van der Waals surface area (Å²) in [6.45, 7) is 7.96. The summed E-state index contributed by atoms with van der Waals surface area (Å²) >= 11 is 0. The zero-order chi connectivity index (χ0) is 19.3. The van der Waals surface area contributed by atoms with Gasteiger partial charge in [0.2, 0.25) is 10.0 Å². The van der Waals surface area contributed by atoms with Crippen molar-refractivity contribution in [3.8, 4) is 0 Å². The second-order valence-corrected chi connectivity index (χ2v) is 8.53. The van der Waals surface area contributed by atoms with Crippen LogP contribution in [0.5, 0.6) is 0 Å². The lowest BCUT2D eigenvalue weighted by atomic mass is 10.1. The lowest BCUT2D eigenvalue weighted by Crippen LogP contribution is -2.36. The zero-order valence-corrected chi connectivity index (χ0v) is 16.5. The Morgan fingerprint density at radius 2 is 1.54 bits per heavy atom. The van der Waals surface area contributed by atoms with E-state index in [0.29, 0.717) is 12.1 Å². The van der Waals surface area contributed by atoms with Crippen LogP contribution in [0.1, 0.15) is 43.6 Å². The second kappa shape index (κ2) is 8.47. The molecule has 0 aliphatic heterocycles. The van der Waals surface area contributed by atoms with Crippen LogP contribution >= 0.6 is 0 Å². The summed E-state index contributed by atoms with van der Waals surface area (Å²) in [6, 6.07) is 15.7. The van der Waals surface area contributed by atoms with Gasteiger partial charge in [0.1, 0.15) is 0 Å². The van der Waals surface area contributed by atoms with Crippen molar-refractivity contribution in [1.29, 1.82) is 0 Å². The van der Waals surface area contributed by atoms with E-state index in [1.165, 1.54) is 12.1 Å². The van der Waals surface area contributed by atoms with Crippen LogP contribution in [0, 0.1) is 0 Å². The highest BCUT2D eigenvalue weighted by atomic mass is 32.2. The zero-order valence-electron chi connectivity index (χ0n) is 15.6. The molecule has 0 radical (unpaired) electrons. The van der Waals surface area contributed by atoms with E-state index < -0.39 is 10.0 Å². The van der Waals surface area contributed by atoms with Gasteiger partial charge in [0.05, 0.1) is 4.90 Å². The molecule has 0 aliphatic rings. The van der Waals surface area contributed by atoms with Crippen molar-refractivity contribution >= 4 is 15.9 Å². The van der Waals surface area contributed by atoms with E-state index in [-0.39, 0.29) is 22.9 Å². The predicted octanol–water partition coefficient (Wildman–Crippen LogP) is 3.42. The van der Waals surface area contributed by atoms with E-state index in [2.05, 4.69) is 4.72 Å². The van der Waals surface area contributed by atoms with E-state index in [4.69, 9.17) is 0 Å². The Bertz CT molecular complexity index is 829. The third-order valence-corrected chi connectivity index (χ3v) is 5.56. The van der Waals surface area contributed by atoms with Gasteiger partial charge in [-0.2, -0.15) is 0 Å². The Morgan fingerprint density at radius 1 is 0.962 bits per heavy atom. The highest BCUT2D eigenvalue weighted by Crippen LogP contribution is 2.16. The molecule has 0 aliphatic carbocycles. The molecular formula is C20H26N2O3S. The lowest BCUT2D eigenvalue weighted by molar-refractivity contribution is 0.0690. The van der Waals surface area contributed by atoms with Crippen molar-refractivity contribution in [2.75, 3.05) is 0 Å². The molecule has 2 aromatic rings. The number of carbonyl (C=O) groups excluding carboxylic acids is 1. The summed E-state index contributed by atoms with van der Waals surface area (Å²) in [5.41, 5.74) is 1.52. The number of sulfonamides is 1. The van der Waals surface area contributed by atoms with Crippen molar-refractivity contribution < 1.29 is 13.2 Å². The van der Waals surface area contributed by atoms with E-state index >= 15 is 0 Å². The minimum Gasteiger partial charge on any atom is -0.332 e. The van der Waals surface area contributed by atoms with E-state index in [1.54, 1.807) is 30.9 Å². The first-order chi connectivity index (χ1) is 12.2. The minimum absolute atomic E-state index is 0.0220. The number of nitrogens with zero attached hydrogens (tertiary/aromatic N) is 1. The molecule has 2 rings (SSSR count). The van der Waals surface area contributed by atoms with Crippen LogP contribution in [-0.2, 0) is 16.6 Å². The Hall–Kier alpha value is -2.18. The molecule has 0 saturated heterocycles. The van der Waals surface area contributed by atoms with Gasteiger partial charge in [-0.15, -0.1) is 0 Å². The van der Waals surface area contributed by atoms with Crippen LogP contribution in [0.25, 0.3) is 0 Å². The molecule has 0 aromatic heterocycles. The monoisotopic (exact) mass is 374 g/mol. The number of nitrogens with one attached hydrogen (secondary N) is 1. The first kappa shape index (κ1) is 20.1. The molecule has 0 heterocycles. The van der Waals surface area contributed by atoms with Crippen LogP contribution in [0.15, 0.2) is 59.5 Å². The van der Waals surface area contributed by atoms with Gasteiger partial charge < -0.3 is 4.90 Å². The highest BCUT2D eigenvalue weighted by Gasteiger charge is 2.21. The average molecular weight is 375 g/mol. The van der Waals surface area contributed by atoms with E-state index in [0.717, 1.165) is 5.56 Å². The van der Waals surface area contributed by atoms with E-state index in [9.17, 15) is 13.2 Å². The molecule has 26 heavy (non-hydrogen) atoms. The first-order valence-electron chi connectivity index (χ1n) is 8.68. The molecule has 1 amide bonds. The number of hydrogen-bond acceptors (Lipinski definition) is 3. The van der Waals surface area contributed by atoms with Crippen LogP contribution in [0.4, 0.5) is 0 Å². The molecule has 0 bridgehead atoms. The fourth-order valence-electron chi connectivity index (χ4n) is 2.59. The Morgan fingerprint density at radius 3 is 2.04 bits per heavy atom. The average Bonchev–Trinajstić information content (AvgIpc) is 2.59.